The van der Waals surface area contributed by atoms with Crippen molar-refractivity contribution in [3.63, 3.8) is 0 Å². The maximum atomic E-state index is 13.4. The van der Waals surface area contributed by atoms with Crippen LogP contribution in [0.4, 0.5) is 4.39 Å². The Morgan fingerprint density at radius 3 is 2.74 bits per heavy atom. The van der Waals surface area contributed by atoms with Crippen molar-refractivity contribution >= 4 is 5.91 Å². The number of piperidine rings is 1. The van der Waals surface area contributed by atoms with E-state index in [0.717, 1.165) is 50.0 Å². The molecule has 2 aromatic rings. The van der Waals surface area contributed by atoms with Crippen LogP contribution in [0, 0.1) is 23.1 Å². The molecule has 1 aromatic heterocycles. The zero-order valence-electron chi connectivity index (χ0n) is 18.9. The van der Waals surface area contributed by atoms with Crippen LogP contribution < -0.4 is 0 Å². The summed E-state index contributed by atoms with van der Waals surface area (Å²) in [6.45, 7) is 6.74. The maximum absolute atomic E-state index is 13.4. The molecule has 0 N–H and O–H groups in total. The van der Waals surface area contributed by atoms with Crippen LogP contribution in [-0.2, 0) is 23.0 Å². The fourth-order valence-electron chi connectivity index (χ4n) is 5.38. The second kappa shape index (κ2) is 9.11. The number of amides is 1. The van der Waals surface area contributed by atoms with Gasteiger partial charge in [0.05, 0.1) is 12.7 Å². The first kappa shape index (κ1) is 22.0. The number of nitrogens with zero attached hydrogens (tertiary/aromatic N) is 3. The van der Waals surface area contributed by atoms with Gasteiger partial charge in [0.15, 0.2) is 0 Å². The third-order valence-electron chi connectivity index (χ3n) is 7.21. The predicted octanol–water partition coefficient (Wildman–Crippen LogP) is 4.53. The van der Waals surface area contributed by atoms with Crippen molar-refractivity contribution in [2.24, 2.45) is 24.3 Å². The zero-order chi connectivity index (χ0) is 22.0. The Kier molecular flexibility index (Phi) is 6.47. The minimum absolute atomic E-state index is 0.0119. The molecule has 1 spiro atoms. The van der Waals surface area contributed by atoms with Gasteiger partial charge in [-0.05, 0) is 61.3 Å². The second-order valence-corrected chi connectivity index (χ2v) is 9.76. The molecule has 168 valence electrons. The van der Waals surface area contributed by atoms with E-state index in [0.29, 0.717) is 24.9 Å². The van der Waals surface area contributed by atoms with Crippen LogP contribution in [0.15, 0.2) is 36.5 Å². The Morgan fingerprint density at radius 1 is 1.29 bits per heavy atom. The first-order valence-corrected chi connectivity index (χ1v) is 11.5. The number of ether oxygens (including phenoxy) is 1. The summed E-state index contributed by atoms with van der Waals surface area (Å²) in [7, 11) is 1.92. The topological polar surface area (TPSA) is 47.4 Å². The third kappa shape index (κ3) is 4.84. The molecule has 31 heavy (non-hydrogen) atoms. The van der Waals surface area contributed by atoms with E-state index in [2.05, 4.69) is 23.8 Å². The van der Waals surface area contributed by atoms with Crippen LogP contribution in [-0.4, -0.2) is 40.3 Å². The Labute approximate surface area is 184 Å². The summed E-state index contributed by atoms with van der Waals surface area (Å²) in [6.07, 6.45) is 6.16. The number of benzene rings is 1. The molecule has 0 bridgehead atoms. The summed E-state index contributed by atoms with van der Waals surface area (Å²) in [5, 5.41) is 4.19. The van der Waals surface area contributed by atoms with Crippen LogP contribution in [0.2, 0.25) is 0 Å². The van der Waals surface area contributed by atoms with Gasteiger partial charge >= 0.3 is 0 Å². The molecule has 2 saturated heterocycles. The normalized spacial score (nSPS) is 26.5. The van der Waals surface area contributed by atoms with E-state index in [-0.39, 0.29) is 23.2 Å². The van der Waals surface area contributed by atoms with Crippen LogP contribution >= 0.6 is 0 Å². The van der Waals surface area contributed by atoms with Crippen molar-refractivity contribution in [3.05, 3.63) is 53.6 Å². The molecular formula is C25H34FN3O2. The van der Waals surface area contributed by atoms with Gasteiger partial charge in [0, 0.05) is 43.9 Å². The second-order valence-electron chi connectivity index (χ2n) is 9.76. The summed E-state index contributed by atoms with van der Waals surface area (Å²) in [5.41, 5.74) is 2.16. The summed E-state index contributed by atoms with van der Waals surface area (Å²) >= 11 is 0. The van der Waals surface area contributed by atoms with Gasteiger partial charge in [-0.15, -0.1) is 0 Å². The summed E-state index contributed by atoms with van der Waals surface area (Å²) in [4.78, 5) is 15.0. The standard InChI is InChI=1S/C25H34FN3O2/c1-18(2)22-15-25(17-31-24(22)19-5-7-20(26)8-6-19)12-4-14-29(16-25)23(30)10-9-21-11-13-27-28(21)3/h5-8,11,13,18,22,24H,4,9-10,12,14-17H2,1-3H3/t22-,24-,25+/m0/s1. The van der Waals surface area contributed by atoms with Crippen molar-refractivity contribution in [2.45, 2.75) is 52.1 Å². The van der Waals surface area contributed by atoms with E-state index < -0.39 is 0 Å². The minimum Gasteiger partial charge on any atom is -0.373 e. The number of carbonyl (C=O) groups excluding carboxylic acids is 1. The van der Waals surface area contributed by atoms with Gasteiger partial charge in [-0.2, -0.15) is 5.10 Å². The summed E-state index contributed by atoms with van der Waals surface area (Å²) < 4.78 is 21.7. The van der Waals surface area contributed by atoms with Gasteiger partial charge in [-0.3, -0.25) is 9.48 Å². The zero-order valence-corrected chi connectivity index (χ0v) is 18.9. The SMILES string of the molecule is CC(C)[C@@H]1C[C@@]2(CCCN(C(=O)CCc3ccnn3C)C2)CO[C@H]1c1ccc(F)cc1. The number of aryl methyl sites for hydroxylation is 2. The van der Waals surface area contributed by atoms with E-state index in [1.165, 1.54) is 12.1 Å². The number of halogens is 1. The highest BCUT2D eigenvalue weighted by atomic mass is 19.1. The number of carbonyl (C=O) groups is 1. The number of hydrogen-bond donors (Lipinski definition) is 0. The van der Waals surface area contributed by atoms with Crippen LogP contribution in [0.25, 0.3) is 0 Å². The van der Waals surface area contributed by atoms with Crippen molar-refractivity contribution in [3.8, 4) is 0 Å². The highest BCUT2D eigenvalue weighted by molar-refractivity contribution is 5.76. The van der Waals surface area contributed by atoms with Crippen molar-refractivity contribution < 1.29 is 13.9 Å². The Hall–Kier alpha value is -2.21. The largest absolute Gasteiger partial charge is 0.373 e. The molecule has 3 atom stereocenters. The molecule has 2 aliphatic heterocycles. The van der Waals surface area contributed by atoms with Gasteiger partial charge in [0.2, 0.25) is 5.91 Å². The maximum Gasteiger partial charge on any atom is 0.222 e. The smallest absolute Gasteiger partial charge is 0.222 e. The first-order chi connectivity index (χ1) is 14.9. The fourth-order valence-corrected chi connectivity index (χ4v) is 5.38. The van der Waals surface area contributed by atoms with E-state index in [4.69, 9.17) is 4.74 Å². The van der Waals surface area contributed by atoms with Gasteiger partial charge in [0.25, 0.3) is 0 Å². The predicted molar refractivity (Wildman–Crippen MR) is 118 cm³/mol. The van der Waals surface area contributed by atoms with E-state index in [9.17, 15) is 9.18 Å². The Balaban J connectivity index is 1.43. The molecule has 1 amide bonds. The Morgan fingerprint density at radius 2 is 2.06 bits per heavy atom. The van der Waals surface area contributed by atoms with Crippen molar-refractivity contribution in [2.75, 3.05) is 19.7 Å². The molecule has 1 aromatic carbocycles. The van der Waals surface area contributed by atoms with Gasteiger partial charge < -0.3 is 9.64 Å². The van der Waals surface area contributed by atoms with Crippen LogP contribution in [0.1, 0.15) is 56.9 Å². The lowest BCUT2D eigenvalue weighted by Gasteiger charge is -2.50. The summed E-state index contributed by atoms with van der Waals surface area (Å²) in [6, 6.07) is 8.71. The lowest BCUT2D eigenvalue weighted by molar-refractivity contribution is -0.151. The monoisotopic (exact) mass is 427 g/mol. The Bertz CT molecular complexity index is 894. The van der Waals surface area contributed by atoms with Gasteiger partial charge in [0.1, 0.15) is 5.82 Å². The van der Waals surface area contributed by atoms with E-state index in [1.807, 2.05) is 29.9 Å². The average Bonchev–Trinajstić information content (AvgIpc) is 3.17. The molecule has 6 heteroatoms. The van der Waals surface area contributed by atoms with Gasteiger partial charge in [-0.25, -0.2) is 4.39 Å². The molecule has 0 unspecified atom stereocenters. The molecule has 0 saturated carbocycles. The number of hydrogen-bond acceptors (Lipinski definition) is 3. The quantitative estimate of drug-likeness (QED) is 0.704. The number of aromatic nitrogens is 2. The molecule has 3 heterocycles. The summed E-state index contributed by atoms with van der Waals surface area (Å²) in [5.74, 6) is 0.804. The minimum atomic E-state index is -0.218. The van der Waals surface area contributed by atoms with Crippen LogP contribution in [0.5, 0.6) is 0 Å². The molecule has 2 aliphatic rings. The first-order valence-electron chi connectivity index (χ1n) is 11.5. The number of likely N-dealkylation sites (tertiary alicyclic amines) is 1. The fraction of sp³-hybridized carbons (Fsp3) is 0.600. The van der Waals surface area contributed by atoms with E-state index in [1.54, 1.807) is 6.20 Å². The highest BCUT2D eigenvalue weighted by Gasteiger charge is 2.46. The van der Waals surface area contributed by atoms with Crippen molar-refractivity contribution in [1.29, 1.82) is 0 Å². The highest BCUT2D eigenvalue weighted by Crippen LogP contribution is 2.48. The molecule has 2 fully saturated rings. The lowest BCUT2D eigenvalue weighted by Crippen LogP contribution is -2.52. The van der Waals surface area contributed by atoms with Gasteiger partial charge in [-0.1, -0.05) is 26.0 Å². The molecule has 4 rings (SSSR count). The van der Waals surface area contributed by atoms with E-state index >= 15 is 0 Å². The van der Waals surface area contributed by atoms with Crippen molar-refractivity contribution in [1.82, 2.24) is 14.7 Å². The molecular weight excluding hydrogens is 393 g/mol. The molecule has 0 radical (unpaired) electrons. The average molecular weight is 428 g/mol. The molecule has 5 nitrogen and oxygen atoms in total. The number of rotatable bonds is 5. The molecule has 0 aliphatic carbocycles. The van der Waals surface area contributed by atoms with Crippen LogP contribution in [0.3, 0.4) is 0 Å². The lowest BCUT2D eigenvalue weighted by atomic mass is 9.67. The third-order valence-corrected chi connectivity index (χ3v) is 7.21.